The van der Waals surface area contributed by atoms with E-state index in [4.69, 9.17) is 28.4 Å². The molecule has 0 unspecified atom stereocenters. The molecule has 0 aromatic carbocycles. The minimum absolute atomic E-state index is 0.129. The molecule has 50 heavy (non-hydrogen) atoms. The van der Waals surface area contributed by atoms with Crippen LogP contribution in [0.15, 0.2) is 11.6 Å². The van der Waals surface area contributed by atoms with Crippen molar-refractivity contribution < 1.29 is 53.0 Å². The Balaban J connectivity index is 2.20. The fraction of sp³-hybridized carbons (Fsp3) is 0.829. The van der Waals surface area contributed by atoms with Gasteiger partial charge in [0.05, 0.1) is 29.8 Å². The Morgan fingerprint density at radius 1 is 1.12 bits per heavy atom. The first-order valence-corrected chi connectivity index (χ1v) is 18.3. The van der Waals surface area contributed by atoms with Crippen LogP contribution in [0.1, 0.15) is 74.7 Å². The zero-order valence-electron chi connectivity index (χ0n) is 31.6. The van der Waals surface area contributed by atoms with Crippen molar-refractivity contribution in [3.63, 3.8) is 0 Å². The average Bonchev–Trinajstić information content (AvgIpc) is 3.57. The number of Topliss-reactive ketones (excluding diaryl/α,β-unsaturated/α-hetero) is 1. The molecule has 1 amide bonds. The second-order valence-electron chi connectivity index (χ2n) is 14.6. The topological polar surface area (TPSA) is 175 Å². The van der Waals surface area contributed by atoms with E-state index in [0.29, 0.717) is 11.6 Å². The van der Waals surface area contributed by atoms with Crippen LogP contribution in [-0.4, -0.2) is 126 Å². The summed E-state index contributed by atoms with van der Waals surface area (Å²) in [5.41, 5.74) is -3.02. The maximum Gasteiger partial charge on any atom is 0.413 e. The molecular formula is C35H59N3O11S. The second-order valence-corrected chi connectivity index (χ2v) is 15.5. The molecule has 3 rings (SSSR count). The molecule has 2 saturated heterocycles. The van der Waals surface area contributed by atoms with Crippen LogP contribution < -0.4 is 5.32 Å². The number of cyclic esters (lactones) is 1. The molecule has 1 aromatic heterocycles. The van der Waals surface area contributed by atoms with Gasteiger partial charge in [-0.2, -0.15) is 0 Å². The Morgan fingerprint density at radius 3 is 2.32 bits per heavy atom. The van der Waals surface area contributed by atoms with Crippen molar-refractivity contribution in [3.8, 4) is 0 Å². The number of carbonyl (C=O) groups is 3. The molecule has 0 bridgehead atoms. The van der Waals surface area contributed by atoms with Gasteiger partial charge in [-0.05, 0) is 61.1 Å². The minimum Gasteiger partial charge on any atom is -0.459 e. The second kappa shape index (κ2) is 17.5. The van der Waals surface area contributed by atoms with Gasteiger partial charge in [-0.1, -0.05) is 27.7 Å². The number of thiazole rings is 1. The number of ether oxygens (including phenoxy) is 6. The predicted octanol–water partition coefficient (Wildman–Crippen LogP) is 3.88. The molecule has 3 heterocycles. The number of ketones is 1. The number of anilines is 1. The minimum atomic E-state index is -1.76. The van der Waals surface area contributed by atoms with Crippen LogP contribution in [0.5, 0.6) is 0 Å². The lowest BCUT2D eigenvalue weighted by molar-refractivity contribution is -0.301. The summed E-state index contributed by atoms with van der Waals surface area (Å²) in [5.74, 6) is -4.29. The summed E-state index contributed by atoms with van der Waals surface area (Å²) in [4.78, 5) is 47.5. The number of esters is 1. The van der Waals surface area contributed by atoms with E-state index < -0.39 is 83.7 Å². The van der Waals surface area contributed by atoms with Crippen molar-refractivity contribution in [1.29, 1.82) is 0 Å². The average molecular weight is 730 g/mol. The highest BCUT2D eigenvalue weighted by molar-refractivity contribution is 7.13. The number of aliphatic hydroxyl groups is 2. The summed E-state index contributed by atoms with van der Waals surface area (Å²) < 4.78 is 36.8. The van der Waals surface area contributed by atoms with Crippen LogP contribution in [-0.2, 0) is 38.0 Å². The third-order valence-corrected chi connectivity index (χ3v) is 11.3. The van der Waals surface area contributed by atoms with Crippen molar-refractivity contribution >= 4 is 34.3 Å². The standard InChI is InChI=1S/C35H59N3O11S/c1-13-24-35(8,43)29(44-11)20(4)25(39)18(2)17-34(7,45-12)28(49-31-26(40)23(38(9)10)16-19(3)46-31)21(5)27(22(6)30(41)47-24)48-33(42)37-32-36-14-15-50-32/h14-15,18-24,26-29,31,40,43H,13,16-17H2,1-12H3,(H,36,37,42)/t18-,19-,20-,21+,22-,23+,24-,26-,27+,28-,29-,31+,34-,35-/m1/s1. The highest BCUT2D eigenvalue weighted by atomic mass is 32.1. The van der Waals surface area contributed by atoms with E-state index in [1.54, 1.807) is 46.9 Å². The Bertz CT molecular complexity index is 1270. The number of aromatic nitrogens is 1. The fourth-order valence-corrected chi connectivity index (χ4v) is 8.25. The molecule has 14 nitrogen and oxygen atoms in total. The molecule has 0 spiro atoms. The maximum absolute atomic E-state index is 14.1. The first kappa shape index (κ1) is 42.2. The lowest BCUT2D eigenvalue weighted by atomic mass is 9.73. The smallest absolute Gasteiger partial charge is 0.413 e. The number of hydrogen-bond donors (Lipinski definition) is 3. The number of carbonyl (C=O) groups excluding carboxylic acids is 3. The van der Waals surface area contributed by atoms with E-state index in [2.05, 4.69) is 10.3 Å². The summed E-state index contributed by atoms with van der Waals surface area (Å²) in [6, 6.07) is -0.289. The molecule has 0 aliphatic carbocycles. The summed E-state index contributed by atoms with van der Waals surface area (Å²) in [6.07, 6.45) is -5.18. The molecule has 1 aromatic rings. The van der Waals surface area contributed by atoms with Crippen molar-refractivity contribution in [3.05, 3.63) is 11.6 Å². The van der Waals surface area contributed by atoms with Crippen LogP contribution in [0, 0.1) is 23.7 Å². The monoisotopic (exact) mass is 729 g/mol. The lowest BCUT2D eigenvalue weighted by Crippen LogP contribution is -2.60. The van der Waals surface area contributed by atoms with Crippen molar-refractivity contribution in [2.75, 3.05) is 33.6 Å². The first-order chi connectivity index (χ1) is 23.3. The van der Waals surface area contributed by atoms with Gasteiger partial charge in [0.15, 0.2) is 11.4 Å². The molecular weight excluding hydrogens is 670 g/mol. The number of aliphatic hydroxyl groups excluding tert-OH is 1. The SMILES string of the molecule is CC[C@H]1OC(=O)[C@H](C)[C@@H](OC(=O)Nc2nccs2)[C@H](C)[C@@H](O[C@@H]2O[C@H](C)C[C@H](N(C)C)[C@H]2O)[C@](C)(OC)C[C@@H](C)C(=O)[C@@H](C)[C@@H](OC)[C@]1(C)O. The summed E-state index contributed by atoms with van der Waals surface area (Å²) in [5, 5.41) is 27.9. The number of rotatable bonds is 8. The van der Waals surface area contributed by atoms with Gasteiger partial charge in [-0.15, -0.1) is 11.3 Å². The van der Waals surface area contributed by atoms with Crippen LogP contribution in [0.2, 0.25) is 0 Å². The van der Waals surface area contributed by atoms with Crippen molar-refractivity contribution in [1.82, 2.24) is 9.88 Å². The molecule has 0 saturated carbocycles. The Hall–Kier alpha value is -2.24. The van der Waals surface area contributed by atoms with Gasteiger partial charge in [0, 0.05) is 49.6 Å². The number of nitrogens with zero attached hydrogens (tertiary/aromatic N) is 2. The van der Waals surface area contributed by atoms with E-state index in [9.17, 15) is 24.6 Å². The Labute approximate surface area is 300 Å². The van der Waals surface area contributed by atoms with E-state index in [-0.39, 0.29) is 30.8 Å². The molecule has 0 radical (unpaired) electrons. The molecule has 14 atom stereocenters. The fourth-order valence-electron chi connectivity index (χ4n) is 7.74. The highest BCUT2D eigenvalue weighted by Gasteiger charge is 2.53. The first-order valence-electron chi connectivity index (χ1n) is 17.4. The Morgan fingerprint density at radius 2 is 1.78 bits per heavy atom. The van der Waals surface area contributed by atoms with Gasteiger partial charge in [0.1, 0.15) is 29.7 Å². The van der Waals surface area contributed by atoms with Gasteiger partial charge in [0.2, 0.25) is 0 Å². The molecule has 286 valence electrons. The van der Waals surface area contributed by atoms with E-state index >= 15 is 0 Å². The molecule has 2 aliphatic rings. The molecule has 15 heteroatoms. The molecule has 3 N–H and O–H groups in total. The van der Waals surface area contributed by atoms with Gasteiger partial charge < -0.3 is 43.5 Å². The number of methoxy groups -OCH3 is 2. The number of likely N-dealkylation sites (N-methyl/N-ethyl adjacent to an activating group) is 1. The van der Waals surface area contributed by atoms with Gasteiger partial charge in [-0.3, -0.25) is 14.9 Å². The normalized spacial score (nSPS) is 40.9. The lowest BCUT2D eigenvalue weighted by Gasteiger charge is -2.48. The molecule has 2 fully saturated rings. The summed E-state index contributed by atoms with van der Waals surface area (Å²) in [6.45, 7) is 13.7. The maximum atomic E-state index is 14.1. The number of amides is 1. The van der Waals surface area contributed by atoms with Gasteiger partial charge >= 0.3 is 12.1 Å². The summed E-state index contributed by atoms with van der Waals surface area (Å²) in [7, 11) is 6.63. The zero-order chi connectivity index (χ0) is 37.7. The van der Waals surface area contributed by atoms with Crippen LogP contribution in [0.3, 0.4) is 0 Å². The van der Waals surface area contributed by atoms with Gasteiger partial charge in [0.25, 0.3) is 0 Å². The molecule has 2 aliphatic heterocycles. The van der Waals surface area contributed by atoms with Gasteiger partial charge in [-0.25, -0.2) is 9.78 Å². The number of nitrogens with one attached hydrogen (secondary N) is 1. The van der Waals surface area contributed by atoms with Crippen molar-refractivity contribution in [2.45, 2.75) is 135 Å². The number of hydrogen-bond acceptors (Lipinski definition) is 14. The Kier molecular flexibility index (Phi) is 14.8. The summed E-state index contributed by atoms with van der Waals surface area (Å²) >= 11 is 1.20. The largest absolute Gasteiger partial charge is 0.459 e. The third-order valence-electron chi connectivity index (χ3n) is 10.6. The highest BCUT2D eigenvalue weighted by Crippen LogP contribution is 2.40. The third kappa shape index (κ3) is 9.40. The van der Waals surface area contributed by atoms with E-state index in [1.165, 1.54) is 38.7 Å². The van der Waals surface area contributed by atoms with Crippen LogP contribution in [0.25, 0.3) is 0 Å². The van der Waals surface area contributed by atoms with Crippen molar-refractivity contribution in [2.24, 2.45) is 23.7 Å². The van der Waals surface area contributed by atoms with E-state index in [0.717, 1.165) is 0 Å². The van der Waals surface area contributed by atoms with Crippen LogP contribution in [0.4, 0.5) is 9.93 Å². The predicted molar refractivity (Wildman–Crippen MR) is 187 cm³/mol. The quantitative estimate of drug-likeness (QED) is 0.329. The van der Waals surface area contributed by atoms with Crippen LogP contribution >= 0.6 is 11.3 Å². The van der Waals surface area contributed by atoms with E-state index in [1.807, 2.05) is 25.9 Å². The zero-order valence-corrected chi connectivity index (χ0v) is 32.4.